The molecule has 8 nitrogen and oxygen atoms in total. The summed E-state index contributed by atoms with van der Waals surface area (Å²) < 4.78 is 2.04. The predicted molar refractivity (Wildman–Crippen MR) is 115 cm³/mol. The monoisotopic (exact) mass is 405 g/mol. The second-order valence-corrected chi connectivity index (χ2v) is 7.41. The molecule has 0 aliphatic carbocycles. The number of amides is 1. The summed E-state index contributed by atoms with van der Waals surface area (Å²) in [5.74, 6) is 0.589. The molecular weight excluding hydrogens is 382 g/mol. The maximum atomic E-state index is 13.0. The van der Waals surface area contributed by atoms with Crippen LogP contribution in [0.25, 0.3) is 0 Å². The summed E-state index contributed by atoms with van der Waals surface area (Å²) in [6.45, 7) is 4.34. The molecule has 2 heterocycles. The lowest BCUT2D eigenvalue weighted by Gasteiger charge is -2.21. The second kappa shape index (κ2) is 8.36. The largest absolute Gasteiger partial charge is 0.371 e. The first-order chi connectivity index (χ1) is 14.5. The van der Waals surface area contributed by atoms with E-state index in [0.29, 0.717) is 17.8 Å². The van der Waals surface area contributed by atoms with Crippen LogP contribution in [-0.4, -0.2) is 33.5 Å². The molecule has 154 valence electrons. The van der Waals surface area contributed by atoms with Crippen molar-refractivity contribution in [1.29, 1.82) is 0 Å². The SMILES string of the molecule is Cc1nccn1Cc1ccc(NC(=O)c2cc([N+](=O)[O-])ccc2N2CCCC2)cc1. The maximum Gasteiger partial charge on any atom is 0.270 e. The van der Waals surface area contributed by atoms with E-state index in [-0.39, 0.29) is 11.6 Å². The fraction of sp³-hybridized carbons (Fsp3) is 0.273. The average Bonchev–Trinajstić information content (AvgIpc) is 3.41. The first-order valence-electron chi connectivity index (χ1n) is 9.93. The highest BCUT2D eigenvalue weighted by molar-refractivity contribution is 6.08. The number of aromatic nitrogens is 2. The second-order valence-electron chi connectivity index (χ2n) is 7.41. The fourth-order valence-corrected chi connectivity index (χ4v) is 3.71. The van der Waals surface area contributed by atoms with Crippen LogP contribution < -0.4 is 10.2 Å². The van der Waals surface area contributed by atoms with Gasteiger partial charge < -0.3 is 14.8 Å². The van der Waals surface area contributed by atoms with E-state index in [1.165, 1.54) is 12.1 Å². The van der Waals surface area contributed by atoms with Crippen molar-refractivity contribution in [3.63, 3.8) is 0 Å². The van der Waals surface area contributed by atoms with Crippen LogP contribution in [0.3, 0.4) is 0 Å². The Balaban J connectivity index is 1.53. The van der Waals surface area contributed by atoms with Crippen molar-refractivity contribution in [2.45, 2.75) is 26.3 Å². The zero-order chi connectivity index (χ0) is 21.1. The van der Waals surface area contributed by atoms with Gasteiger partial charge in [0.05, 0.1) is 16.2 Å². The molecule has 1 fully saturated rings. The third-order valence-corrected chi connectivity index (χ3v) is 5.37. The van der Waals surface area contributed by atoms with E-state index in [0.717, 1.165) is 43.0 Å². The minimum Gasteiger partial charge on any atom is -0.371 e. The first-order valence-corrected chi connectivity index (χ1v) is 9.93. The highest BCUT2D eigenvalue weighted by atomic mass is 16.6. The van der Waals surface area contributed by atoms with E-state index in [1.54, 1.807) is 12.3 Å². The van der Waals surface area contributed by atoms with Crippen molar-refractivity contribution in [2.75, 3.05) is 23.3 Å². The molecule has 0 saturated carbocycles. The lowest BCUT2D eigenvalue weighted by molar-refractivity contribution is -0.384. The van der Waals surface area contributed by atoms with Crippen molar-refractivity contribution in [1.82, 2.24) is 9.55 Å². The molecule has 1 aliphatic heterocycles. The number of carbonyl (C=O) groups excluding carboxylic acids is 1. The average molecular weight is 405 g/mol. The van der Waals surface area contributed by atoms with Gasteiger partial charge in [-0.05, 0) is 43.5 Å². The maximum absolute atomic E-state index is 13.0. The van der Waals surface area contributed by atoms with E-state index in [2.05, 4.69) is 15.2 Å². The molecule has 0 atom stereocenters. The number of hydrogen-bond acceptors (Lipinski definition) is 5. The summed E-state index contributed by atoms with van der Waals surface area (Å²) in [6.07, 6.45) is 5.79. The lowest BCUT2D eigenvalue weighted by Crippen LogP contribution is -2.23. The molecule has 0 bridgehead atoms. The Hall–Kier alpha value is -3.68. The third-order valence-electron chi connectivity index (χ3n) is 5.37. The van der Waals surface area contributed by atoms with Crippen LogP contribution >= 0.6 is 0 Å². The molecule has 2 aromatic carbocycles. The summed E-state index contributed by atoms with van der Waals surface area (Å²) in [5.41, 5.74) is 2.70. The number of benzene rings is 2. The van der Waals surface area contributed by atoms with Crippen LogP contribution in [0, 0.1) is 17.0 Å². The van der Waals surface area contributed by atoms with Gasteiger partial charge in [-0.1, -0.05) is 12.1 Å². The quantitative estimate of drug-likeness (QED) is 0.494. The minimum atomic E-state index is -0.475. The summed E-state index contributed by atoms with van der Waals surface area (Å²) >= 11 is 0. The van der Waals surface area contributed by atoms with Crippen molar-refractivity contribution in [3.05, 3.63) is 81.9 Å². The molecule has 1 N–H and O–H groups in total. The first kappa shape index (κ1) is 19.6. The van der Waals surface area contributed by atoms with Crippen LogP contribution in [0.4, 0.5) is 17.1 Å². The topological polar surface area (TPSA) is 93.3 Å². The summed E-state index contributed by atoms with van der Waals surface area (Å²) in [7, 11) is 0. The number of rotatable bonds is 6. The minimum absolute atomic E-state index is 0.0888. The standard InChI is InChI=1S/C22H23N5O3/c1-16-23-10-13-26(16)15-17-4-6-18(7-5-17)24-22(28)20-14-19(27(29)30)8-9-21(20)25-11-2-3-12-25/h4-10,13-14H,2-3,11-12,15H2,1H3,(H,24,28). The van der Waals surface area contributed by atoms with Crippen LogP contribution in [0.5, 0.6) is 0 Å². The van der Waals surface area contributed by atoms with Gasteiger partial charge in [0, 0.05) is 49.8 Å². The van der Waals surface area contributed by atoms with Crippen LogP contribution in [0.15, 0.2) is 54.9 Å². The molecule has 0 spiro atoms. The third kappa shape index (κ3) is 4.17. The fourth-order valence-electron chi connectivity index (χ4n) is 3.71. The highest BCUT2D eigenvalue weighted by Gasteiger charge is 2.22. The van der Waals surface area contributed by atoms with Crippen molar-refractivity contribution < 1.29 is 9.72 Å². The Labute approximate surface area is 174 Å². The van der Waals surface area contributed by atoms with Crippen LogP contribution in [0.2, 0.25) is 0 Å². The van der Waals surface area contributed by atoms with Crippen molar-refractivity contribution in [2.24, 2.45) is 0 Å². The molecule has 3 aromatic rings. The number of nitro benzene ring substituents is 1. The molecule has 1 saturated heterocycles. The van der Waals surface area contributed by atoms with Crippen molar-refractivity contribution >= 4 is 23.0 Å². The number of hydrogen-bond donors (Lipinski definition) is 1. The number of non-ortho nitro benzene ring substituents is 1. The van der Waals surface area contributed by atoms with Gasteiger partial charge in [0.2, 0.25) is 0 Å². The number of nitro groups is 1. The zero-order valence-electron chi connectivity index (χ0n) is 16.7. The predicted octanol–water partition coefficient (Wildman–Crippen LogP) is 4.00. The van der Waals surface area contributed by atoms with Gasteiger partial charge in [-0.2, -0.15) is 0 Å². The van der Waals surface area contributed by atoms with Crippen molar-refractivity contribution in [3.8, 4) is 0 Å². The molecule has 8 heteroatoms. The number of imidazole rings is 1. The van der Waals surface area contributed by atoms with Gasteiger partial charge in [-0.15, -0.1) is 0 Å². The normalized spacial score (nSPS) is 13.4. The molecule has 0 unspecified atom stereocenters. The summed E-state index contributed by atoms with van der Waals surface area (Å²) in [5, 5.41) is 14.1. The van der Waals surface area contributed by atoms with E-state index in [9.17, 15) is 14.9 Å². The Kier molecular flexibility index (Phi) is 5.47. The molecule has 4 rings (SSSR count). The van der Waals surface area contributed by atoms with Gasteiger partial charge in [0.1, 0.15) is 5.82 Å². The van der Waals surface area contributed by atoms with Gasteiger partial charge in [0.25, 0.3) is 11.6 Å². The molecule has 30 heavy (non-hydrogen) atoms. The number of aryl methyl sites for hydroxylation is 1. The van der Waals surface area contributed by atoms with Gasteiger partial charge in [0.15, 0.2) is 0 Å². The number of carbonyl (C=O) groups is 1. The van der Waals surface area contributed by atoms with Gasteiger partial charge in [-0.3, -0.25) is 14.9 Å². The van der Waals surface area contributed by atoms with Crippen LogP contribution in [-0.2, 0) is 6.54 Å². The highest BCUT2D eigenvalue weighted by Crippen LogP contribution is 2.29. The zero-order valence-corrected chi connectivity index (χ0v) is 16.7. The Morgan fingerprint density at radius 3 is 2.53 bits per heavy atom. The Bertz CT molecular complexity index is 1070. The van der Waals surface area contributed by atoms with E-state index >= 15 is 0 Å². The molecule has 0 radical (unpaired) electrons. The van der Waals surface area contributed by atoms with E-state index < -0.39 is 4.92 Å². The molecular formula is C22H23N5O3. The molecule has 1 aliphatic rings. The Morgan fingerprint density at radius 1 is 1.17 bits per heavy atom. The number of nitrogens with zero attached hydrogens (tertiary/aromatic N) is 4. The Morgan fingerprint density at radius 2 is 1.90 bits per heavy atom. The van der Waals surface area contributed by atoms with E-state index in [4.69, 9.17) is 0 Å². The number of anilines is 2. The summed E-state index contributed by atoms with van der Waals surface area (Å²) in [6, 6.07) is 12.1. The summed E-state index contributed by atoms with van der Waals surface area (Å²) in [4.78, 5) is 30.0. The molecule has 1 amide bonds. The van der Waals surface area contributed by atoms with E-state index in [1.807, 2.05) is 42.0 Å². The van der Waals surface area contributed by atoms with Crippen LogP contribution in [0.1, 0.15) is 34.6 Å². The van der Waals surface area contributed by atoms with Gasteiger partial charge >= 0.3 is 0 Å². The van der Waals surface area contributed by atoms with Gasteiger partial charge in [-0.25, -0.2) is 4.98 Å². The molecule has 1 aromatic heterocycles. The lowest BCUT2D eigenvalue weighted by atomic mass is 10.1. The smallest absolute Gasteiger partial charge is 0.270 e. The number of nitrogens with one attached hydrogen (secondary N) is 1.